The van der Waals surface area contributed by atoms with Crippen LogP contribution >= 0.6 is 11.6 Å². The number of nitrogens with two attached hydrogens (primary N) is 1. The Bertz CT molecular complexity index is 495. The summed E-state index contributed by atoms with van der Waals surface area (Å²) < 4.78 is 0. The molecule has 5 heteroatoms. The zero-order valence-electron chi connectivity index (χ0n) is 8.29. The van der Waals surface area contributed by atoms with Crippen LogP contribution < -0.4 is 5.73 Å². The smallest absolute Gasteiger partial charge is 0.107 e. The number of H-pyrrole nitrogens is 1. The minimum atomic E-state index is -0.685. The Morgan fingerprint density at radius 1 is 1.60 bits per heavy atom. The van der Waals surface area contributed by atoms with Crippen molar-refractivity contribution in [3.63, 3.8) is 0 Å². The van der Waals surface area contributed by atoms with Gasteiger partial charge in [0.25, 0.3) is 0 Å². The molecule has 2 aromatic rings. The average molecular weight is 226 g/mol. The monoisotopic (exact) mass is 225 g/mol. The number of aliphatic hydroxyl groups is 1. The van der Waals surface area contributed by atoms with Crippen LogP contribution in [0.4, 0.5) is 0 Å². The number of imidazole rings is 1. The number of nitrogens with one attached hydrogen (secondary N) is 1. The van der Waals surface area contributed by atoms with Gasteiger partial charge in [0.15, 0.2) is 0 Å². The van der Waals surface area contributed by atoms with E-state index in [4.69, 9.17) is 17.3 Å². The fraction of sp³-hybridized carbons (Fsp3) is 0.300. The predicted octanol–water partition coefficient (Wildman–Crippen LogP) is 1.52. The molecular weight excluding hydrogens is 214 g/mol. The van der Waals surface area contributed by atoms with Crippen LogP contribution in [-0.2, 0) is 0 Å². The Morgan fingerprint density at radius 3 is 3.00 bits per heavy atom. The largest absolute Gasteiger partial charge is 0.387 e. The molecular formula is C10H12ClN3O. The van der Waals surface area contributed by atoms with Crippen LogP contribution in [0.5, 0.6) is 0 Å². The van der Waals surface area contributed by atoms with Crippen molar-refractivity contribution in [2.45, 2.75) is 13.0 Å². The fourth-order valence-corrected chi connectivity index (χ4v) is 1.82. The van der Waals surface area contributed by atoms with Crippen LogP contribution in [0.1, 0.15) is 17.5 Å². The van der Waals surface area contributed by atoms with Gasteiger partial charge in [0, 0.05) is 6.54 Å². The number of aryl methyl sites for hydroxylation is 1. The highest BCUT2D eigenvalue weighted by Gasteiger charge is 2.11. The molecule has 0 amide bonds. The third-order valence-corrected chi connectivity index (χ3v) is 2.58. The first-order chi connectivity index (χ1) is 7.11. The van der Waals surface area contributed by atoms with Gasteiger partial charge in [-0.2, -0.15) is 0 Å². The van der Waals surface area contributed by atoms with Crippen molar-refractivity contribution in [2.24, 2.45) is 5.73 Å². The van der Waals surface area contributed by atoms with E-state index in [0.717, 1.165) is 16.9 Å². The number of fused-ring (bicyclic) bond motifs is 1. The van der Waals surface area contributed by atoms with Gasteiger partial charge in [-0.3, -0.25) is 0 Å². The highest BCUT2D eigenvalue weighted by molar-refractivity contribution is 6.35. The van der Waals surface area contributed by atoms with Gasteiger partial charge in [0.2, 0.25) is 0 Å². The molecule has 0 radical (unpaired) electrons. The van der Waals surface area contributed by atoms with Crippen molar-refractivity contribution in [3.8, 4) is 0 Å². The molecule has 4 nitrogen and oxygen atoms in total. The summed E-state index contributed by atoms with van der Waals surface area (Å²) >= 11 is 6.04. The lowest BCUT2D eigenvalue weighted by molar-refractivity contribution is 0.187. The maximum atomic E-state index is 9.60. The standard InChI is InChI=1S/C10H12ClN3O/c1-5-13-8-3-6(9(15)4-12)2-7(11)10(8)14-5/h2-3,9,15H,4,12H2,1H3,(H,13,14). The molecule has 1 unspecified atom stereocenters. The molecule has 4 N–H and O–H groups in total. The van der Waals surface area contributed by atoms with Crippen molar-refractivity contribution in [2.75, 3.05) is 6.54 Å². The Labute approximate surface area is 92.1 Å². The second-order valence-corrected chi connectivity index (χ2v) is 3.88. The SMILES string of the molecule is Cc1nc2c(Cl)cc(C(O)CN)cc2[nH]1. The van der Waals surface area contributed by atoms with Crippen molar-refractivity contribution < 1.29 is 5.11 Å². The minimum absolute atomic E-state index is 0.176. The summed E-state index contributed by atoms with van der Waals surface area (Å²) in [6.45, 7) is 2.03. The normalized spacial score (nSPS) is 13.3. The lowest BCUT2D eigenvalue weighted by atomic mass is 10.1. The van der Waals surface area contributed by atoms with Crippen LogP contribution in [0.2, 0.25) is 5.02 Å². The number of aromatic nitrogens is 2. The topological polar surface area (TPSA) is 74.9 Å². The molecule has 1 atom stereocenters. The summed E-state index contributed by atoms with van der Waals surface area (Å²) in [6.07, 6.45) is -0.685. The fourth-order valence-electron chi connectivity index (χ4n) is 1.55. The maximum absolute atomic E-state index is 9.60. The Morgan fingerprint density at radius 2 is 2.33 bits per heavy atom. The van der Waals surface area contributed by atoms with Crippen molar-refractivity contribution in [1.82, 2.24) is 9.97 Å². The molecule has 1 heterocycles. The summed E-state index contributed by atoms with van der Waals surface area (Å²) in [5, 5.41) is 10.1. The van der Waals surface area contributed by atoms with Gasteiger partial charge in [-0.1, -0.05) is 11.6 Å². The van der Waals surface area contributed by atoms with Crippen molar-refractivity contribution in [1.29, 1.82) is 0 Å². The molecule has 0 aliphatic rings. The van der Waals surface area contributed by atoms with Crippen LogP contribution in [0, 0.1) is 6.92 Å². The molecule has 0 aliphatic carbocycles. The molecule has 15 heavy (non-hydrogen) atoms. The Balaban J connectivity index is 2.61. The predicted molar refractivity (Wildman–Crippen MR) is 59.9 cm³/mol. The number of nitrogens with zero attached hydrogens (tertiary/aromatic N) is 1. The molecule has 0 spiro atoms. The van der Waals surface area contributed by atoms with E-state index in [2.05, 4.69) is 9.97 Å². The second kappa shape index (κ2) is 3.81. The molecule has 1 aromatic carbocycles. The second-order valence-electron chi connectivity index (χ2n) is 3.47. The summed E-state index contributed by atoms with van der Waals surface area (Å²) in [7, 11) is 0. The van der Waals surface area contributed by atoms with Gasteiger partial charge < -0.3 is 15.8 Å². The van der Waals surface area contributed by atoms with E-state index in [1.165, 1.54) is 0 Å². The van der Waals surface area contributed by atoms with Crippen LogP contribution in [0.25, 0.3) is 11.0 Å². The van der Waals surface area contributed by atoms with Crippen LogP contribution in [0.3, 0.4) is 0 Å². The first-order valence-electron chi connectivity index (χ1n) is 4.65. The van der Waals surface area contributed by atoms with E-state index < -0.39 is 6.10 Å². The molecule has 80 valence electrons. The lowest BCUT2D eigenvalue weighted by Gasteiger charge is -2.08. The third-order valence-electron chi connectivity index (χ3n) is 2.29. The summed E-state index contributed by atoms with van der Waals surface area (Å²) in [4.78, 5) is 7.31. The first-order valence-corrected chi connectivity index (χ1v) is 5.03. The van der Waals surface area contributed by atoms with E-state index in [0.29, 0.717) is 10.6 Å². The number of rotatable bonds is 2. The van der Waals surface area contributed by atoms with Gasteiger partial charge in [-0.15, -0.1) is 0 Å². The number of aromatic amines is 1. The molecule has 0 bridgehead atoms. The third kappa shape index (κ3) is 1.84. The number of aliphatic hydroxyl groups excluding tert-OH is 1. The van der Waals surface area contributed by atoms with Crippen molar-refractivity contribution >= 4 is 22.6 Å². The highest BCUT2D eigenvalue weighted by atomic mass is 35.5. The van der Waals surface area contributed by atoms with Gasteiger partial charge in [0.05, 0.1) is 16.6 Å². The highest BCUT2D eigenvalue weighted by Crippen LogP contribution is 2.26. The van der Waals surface area contributed by atoms with E-state index in [1.54, 1.807) is 6.07 Å². The van der Waals surface area contributed by atoms with Gasteiger partial charge in [0.1, 0.15) is 11.3 Å². The Hall–Kier alpha value is -1.10. The van der Waals surface area contributed by atoms with Gasteiger partial charge in [-0.25, -0.2) is 4.98 Å². The average Bonchev–Trinajstić information content (AvgIpc) is 2.58. The number of benzene rings is 1. The summed E-state index contributed by atoms with van der Waals surface area (Å²) in [5.41, 5.74) is 7.64. The quantitative estimate of drug-likeness (QED) is 0.726. The maximum Gasteiger partial charge on any atom is 0.107 e. The number of hydrogen-bond acceptors (Lipinski definition) is 3. The molecule has 0 saturated heterocycles. The number of halogens is 1. The van der Waals surface area contributed by atoms with Gasteiger partial charge >= 0.3 is 0 Å². The van der Waals surface area contributed by atoms with Crippen molar-refractivity contribution in [3.05, 3.63) is 28.5 Å². The summed E-state index contributed by atoms with van der Waals surface area (Å²) in [5.74, 6) is 0.797. The molecule has 1 aromatic heterocycles. The van der Waals surface area contributed by atoms with Gasteiger partial charge in [-0.05, 0) is 24.6 Å². The lowest BCUT2D eigenvalue weighted by Crippen LogP contribution is -2.11. The molecule has 2 rings (SSSR count). The minimum Gasteiger partial charge on any atom is -0.387 e. The van der Waals surface area contributed by atoms with E-state index in [1.807, 2.05) is 13.0 Å². The van der Waals surface area contributed by atoms with Crippen LogP contribution in [-0.4, -0.2) is 21.6 Å². The first kappa shape index (κ1) is 10.4. The summed E-state index contributed by atoms with van der Waals surface area (Å²) in [6, 6.07) is 3.51. The van der Waals surface area contributed by atoms with E-state index in [9.17, 15) is 5.11 Å². The molecule has 0 fully saturated rings. The Kier molecular flexibility index (Phi) is 2.65. The van der Waals surface area contributed by atoms with Crippen LogP contribution in [0.15, 0.2) is 12.1 Å². The van der Waals surface area contributed by atoms with E-state index in [-0.39, 0.29) is 6.54 Å². The molecule has 0 aliphatic heterocycles. The zero-order chi connectivity index (χ0) is 11.0. The zero-order valence-corrected chi connectivity index (χ0v) is 9.04. The molecule has 0 saturated carbocycles. The van der Waals surface area contributed by atoms with E-state index >= 15 is 0 Å². The number of hydrogen-bond donors (Lipinski definition) is 3.